The Balaban J connectivity index is 3.92. The summed E-state index contributed by atoms with van der Waals surface area (Å²) in [5, 5.41) is 2.43. The minimum atomic E-state index is -0.602. The molecule has 0 rings (SSSR count). The average molecular weight is 217 g/mol. The van der Waals surface area contributed by atoms with E-state index in [1.54, 1.807) is 0 Å². The highest BCUT2D eigenvalue weighted by Crippen LogP contribution is 2.02. The molecular weight excluding hydrogens is 198 g/mol. The summed E-state index contributed by atoms with van der Waals surface area (Å²) in [6.07, 6.45) is 1.02. The van der Waals surface area contributed by atoms with Gasteiger partial charge in [0.2, 0.25) is 0 Å². The van der Waals surface area contributed by atoms with Crippen molar-refractivity contribution in [2.45, 2.75) is 26.3 Å². The number of carbonyl (C=O) groups excluding carboxylic acids is 2. The largest absolute Gasteiger partial charge is 0.453 e. The molecule has 88 valence electrons. The van der Waals surface area contributed by atoms with Gasteiger partial charge in [-0.1, -0.05) is 13.8 Å². The molecule has 2 unspecified atom stereocenters. The lowest BCUT2D eigenvalue weighted by atomic mass is 10.1. The van der Waals surface area contributed by atoms with Gasteiger partial charge in [0.05, 0.1) is 19.8 Å². The number of rotatable bonds is 7. The lowest BCUT2D eigenvalue weighted by Gasteiger charge is -2.19. The second kappa shape index (κ2) is 8.23. The van der Waals surface area contributed by atoms with Crippen molar-refractivity contribution in [2.75, 3.05) is 20.3 Å². The second-order valence-corrected chi connectivity index (χ2v) is 3.35. The van der Waals surface area contributed by atoms with Crippen LogP contribution in [0.3, 0.4) is 0 Å². The summed E-state index contributed by atoms with van der Waals surface area (Å²) in [4.78, 5) is 21.6. The van der Waals surface area contributed by atoms with Crippen LogP contribution in [0.2, 0.25) is 0 Å². The number of aldehydes is 1. The number of nitrogens with one attached hydrogen (secondary N) is 1. The van der Waals surface area contributed by atoms with Crippen LogP contribution in [0.25, 0.3) is 0 Å². The van der Waals surface area contributed by atoms with Gasteiger partial charge in [0.15, 0.2) is 0 Å². The van der Waals surface area contributed by atoms with Gasteiger partial charge >= 0.3 is 6.09 Å². The first-order chi connectivity index (χ1) is 7.15. The Morgan fingerprint density at radius 1 is 1.53 bits per heavy atom. The first kappa shape index (κ1) is 13.9. The Morgan fingerprint density at radius 3 is 2.67 bits per heavy atom. The molecule has 5 heteroatoms. The first-order valence-electron chi connectivity index (χ1n) is 5.03. The zero-order valence-electron chi connectivity index (χ0n) is 9.49. The Morgan fingerprint density at radius 2 is 2.20 bits per heavy atom. The molecule has 15 heavy (non-hydrogen) atoms. The third kappa shape index (κ3) is 6.06. The van der Waals surface area contributed by atoms with Crippen LogP contribution < -0.4 is 5.32 Å². The van der Waals surface area contributed by atoms with E-state index in [0.29, 0.717) is 19.5 Å². The summed E-state index contributed by atoms with van der Waals surface area (Å²) in [7, 11) is 1.26. The van der Waals surface area contributed by atoms with Crippen molar-refractivity contribution in [1.29, 1.82) is 0 Å². The molecule has 0 aromatic heterocycles. The molecule has 0 aliphatic carbocycles. The van der Waals surface area contributed by atoms with Crippen molar-refractivity contribution in [2.24, 2.45) is 5.92 Å². The third-order valence-electron chi connectivity index (χ3n) is 1.96. The summed E-state index contributed by atoms with van der Waals surface area (Å²) in [6, 6.07) is -0.561. The predicted molar refractivity (Wildman–Crippen MR) is 55.7 cm³/mol. The van der Waals surface area contributed by atoms with E-state index in [1.807, 2.05) is 13.8 Å². The van der Waals surface area contributed by atoms with E-state index in [0.717, 1.165) is 6.42 Å². The SMILES string of the molecule is CCCOCC(C)C(C=O)NC(=O)OC. The van der Waals surface area contributed by atoms with Gasteiger partial charge in [0, 0.05) is 12.5 Å². The Kier molecular flexibility index (Phi) is 7.62. The fourth-order valence-corrected chi connectivity index (χ4v) is 1.02. The van der Waals surface area contributed by atoms with Crippen LogP contribution >= 0.6 is 0 Å². The first-order valence-corrected chi connectivity index (χ1v) is 5.03. The van der Waals surface area contributed by atoms with Crippen molar-refractivity contribution in [1.82, 2.24) is 5.32 Å². The lowest BCUT2D eigenvalue weighted by Crippen LogP contribution is -2.42. The van der Waals surface area contributed by atoms with Crippen molar-refractivity contribution >= 4 is 12.4 Å². The fourth-order valence-electron chi connectivity index (χ4n) is 1.02. The minimum absolute atomic E-state index is 0.0619. The number of ether oxygens (including phenoxy) is 2. The maximum absolute atomic E-state index is 10.9. The van der Waals surface area contributed by atoms with Crippen LogP contribution in [0, 0.1) is 5.92 Å². The van der Waals surface area contributed by atoms with Crippen molar-refractivity contribution in [3.63, 3.8) is 0 Å². The van der Waals surface area contributed by atoms with Gasteiger partial charge in [0.25, 0.3) is 0 Å². The van der Waals surface area contributed by atoms with E-state index in [4.69, 9.17) is 4.74 Å². The molecule has 0 spiro atoms. The zero-order chi connectivity index (χ0) is 11.7. The van der Waals surface area contributed by atoms with Crippen LogP contribution in [0.1, 0.15) is 20.3 Å². The minimum Gasteiger partial charge on any atom is -0.453 e. The van der Waals surface area contributed by atoms with Gasteiger partial charge in [-0.15, -0.1) is 0 Å². The predicted octanol–water partition coefficient (Wildman–Crippen LogP) is 0.973. The Hall–Kier alpha value is -1.10. The smallest absolute Gasteiger partial charge is 0.407 e. The molecular formula is C10H19NO4. The van der Waals surface area contributed by atoms with Crippen LogP contribution in [-0.4, -0.2) is 38.7 Å². The number of alkyl carbamates (subject to hydrolysis) is 1. The van der Waals surface area contributed by atoms with Crippen LogP contribution in [0.5, 0.6) is 0 Å². The van der Waals surface area contributed by atoms with Gasteiger partial charge in [0.1, 0.15) is 6.29 Å². The topological polar surface area (TPSA) is 64.6 Å². The van der Waals surface area contributed by atoms with Gasteiger partial charge in [-0.05, 0) is 6.42 Å². The number of hydrogen-bond donors (Lipinski definition) is 1. The van der Waals surface area contributed by atoms with E-state index in [-0.39, 0.29) is 5.92 Å². The maximum atomic E-state index is 10.9. The summed E-state index contributed by atoms with van der Waals surface area (Å²) >= 11 is 0. The lowest BCUT2D eigenvalue weighted by molar-refractivity contribution is -0.111. The van der Waals surface area contributed by atoms with E-state index in [2.05, 4.69) is 10.1 Å². The van der Waals surface area contributed by atoms with Gasteiger partial charge in [-0.3, -0.25) is 0 Å². The summed E-state index contributed by atoms with van der Waals surface area (Å²) in [6.45, 7) is 4.95. The molecule has 2 atom stereocenters. The summed E-state index contributed by atoms with van der Waals surface area (Å²) in [5.74, 6) is -0.0619. The van der Waals surface area contributed by atoms with E-state index in [1.165, 1.54) is 7.11 Å². The number of hydrogen-bond acceptors (Lipinski definition) is 4. The van der Waals surface area contributed by atoms with Crippen molar-refractivity contribution in [3.8, 4) is 0 Å². The van der Waals surface area contributed by atoms with Crippen molar-refractivity contribution < 1.29 is 19.1 Å². The molecule has 0 aromatic rings. The van der Waals surface area contributed by atoms with Gasteiger partial charge in [-0.2, -0.15) is 0 Å². The van der Waals surface area contributed by atoms with E-state index >= 15 is 0 Å². The van der Waals surface area contributed by atoms with Gasteiger partial charge < -0.3 is 19.6 Å². The molecule has 0 heterocycles. The van der Waals surface area contributed by atoms with Crippen molar-refractivity contribution in [3.05, 3.63) is 0 Å². The van der Waals surface area contributed by atoms with Crippen LogP contribution in [0.15, 0.2) is 0 Å². The highest BCUT2D eigenvalue weighted by Gasteiger charge is 2.19. The molecule has 1 amide bonds. The number of carbonyl (C=O) groups is 2. The highest BCUT2D eigenvalue weighted by atomic mass is 16.5. The number of amides is 1. The molecule has 0 aliphatic rings. The second-order valence-electron chi connectivity index (χ2n) is 3.35. The molecule has 0 radical (unpaired) electrons. The average Bonchev–Trinajstić information content (AvgIpc) is 2.25. The molecule has 0 bridgehead atoms. The Bertz CT molecular complexity index is 196. The normalized spacial score (nSPS) is 14.1. The monoisotopic (exact) mass is 217 g/mol. The molecule has 5 nitrogen and oxygen atoms in total. The molecule has 1 N–H and O–H groups in total. The quantitative estimate of drug-likeness (QED) is 0.510. The summed E-state index contributed by atoms with van der Waals surface area (Å²) < 4.78 is 9.70. The summed E-state index contributed by atoms with van der Waals surface area (Å²) in [5.41, 5.74) is 0. The van der Waals surface area contributed by atoms with Gasteiger partial charge in [-0.25, -0.2) is 4.79 Å². The molecule has 0 aromatic carbocycles. The fraction of sp³-hybridized carbons (Fsp3) is 0.800. The highest BCUT2D eigenvalue weighted by molar-refractivity contribution is 5.73. The van der Waals surface area contributed by atoms with E-state index < -0.39 is 12.1 Å². The van der Waals surface area contributed by atoms with Crippen LogP contribution in [-0.2, 0) is 14.3 Å². The molecule has 0 saturated carbocycles. The third-order valence-corrected chi connectivity index (χ3v) is 1.96. The van der Waals surface area contributed by atoms with E-state index in [9.17, 15) is 9.59 Å². The standard InChI is InChI=1S/C10H19NO4/c1-4-5-15-7-8(2)9(6-12)11-10(13)14-3/h6,8-9H,4-5,7H2,1-3H3,(H,11,13). The number of methoxy groups -OCH3 is 1. The molecule has 0 aliphatic heterocycles. The van der Waals surface area contributed by atoms with Crippen LogP contribution in [0.4, 0.5) is 4.79 Å². The molecule has 0 fully saturated rings. The maximum Gasteiger partial charge on any atom is 0.407 e. The molecule has 0 saturated heterocycles. The zero-order valence-corrected chi connectivity index (χ0v) is 9.49. The Labute approximate surface area is 90.1 Å².